The third-order valence-corrected chi connectivity index (χ3v) is 8.02. The van der Waals surface area contributed by atoms with Crippen LogP contribution in [-0.2, 0) is 9.59 Å². The van der Waals surface area contributed by atoms with Crippen molar-refractivity contribution in [3.63, 3.8) is 0 Å². The van der Waals surface area contributed by atoms with E-state index in [1.165, 1.54) is 11.8 Å². The summed E-state index contributed by atoms with van der Waals surface area (Å²) < 4.78 is 5.87. The predicted molar refractivity (Wildman–Crippen MR) is 190 cm³/mol. The Bertz CT molecular complexity index is 1870. The second-order valence-corrected chi connectivity index (χ2v) is 12.2. The van der Waals surface area contributed by atoms with E-state index >= 15 is 0 Å². The summed E-state index contributed by atoms with van der Waals surface area (Å²) in [4.78, 5) is 39.8. The highest BCUT2D eigenvalue weighted by atomic mass is 35.5. The Balaban J connectivity index is 1.24. The SMILES string of the molecule is Cc1cc(C)cc(NC(=O)CSc2ccc(NC(=O)/C(=C/c3ccc(Oc4ccc(Cl)cc4)cc3)NC(=O)c3ccccc3)cc2)c1. The van der Waals surface area contributed by atoms with Crippen LogP contribution in [0.2, 0.25) is 5.02 Å². The largest absolute Gasteiger partial charge is 0.457 e. The Labute approximate surface area is 283 Å². The van der Waals surface area contributed by atoms with Crippen molar-refractivity contribution >= 4 is 58.5 Å². The molecule has 0 radical (unpaired) electrons. The van der Waals surface area contributed by atoms with Gasteiger partial charge in [-0.1, -0.05) is 48.0 Å². The molecule has 0 saturated heterocycles. The molecule has 0 atom stereocenters. The highest BCUT2D eigenvalue weighted by Crippen LogP contribution is 2.25. The molecular formula is C38H32ClN3O4S. The minimum absolute atomic E-state index is 0.0618. The minimum Gasteiger partial charge on any atom is -0.457 e. The van der Waals surface area contributed by atoms with Crippen molar-refractivity contribution < 1.29 is 19.1 Å². The molecule has 5 rings (SSSR count). The molecule has 5 aromatic carbocycles. The first-order valence-corrected chi connectivity index (χ1v) is 16.1. The van der Waals surface area contributed by atoms with E-state index in [2.05, 4.69) is 22.0 Å². The number of hydrogen-bond acceptors (Lipinski definition) is 5. The lowest BCUT2D eigenvalue weighted by molar-refractivity contribution is -0.114. The van der Waals surface area contributed by atoms with E-state index < -0.39 is 11.8 Å². The average Bonchev–Trinajstić information content (AvgIpc) is 3.06. The van der Waals surface area contributed by atoms with Crippen molar-refractivity contribution in [2.24, 2.45) is 0 Å². The topological polar surface area (TPSA) is 96.5 Å². The summed E-state index contributed by atoms with van der Waals surface area (Å²) in [5, 5.41) is 9.16. The summed E-state index contributed by atoms with van der Waals surface area (Å²) in [6, 6.07) is 35.9. The fraction of sp³-hybridized carbons (Fsp3) is 0.0789. The van der Waals surface area contributed by atoms with Crippen LogP contribution in [0.4, 0.5) is 11.4 Å². The maximum absolute atomic E-state index is 13.5. The van der Waals surface area contributed by atoms with Crippen molar-refractivity contribution in [2.45, 2.75) is 18.7 Å². The number of amides is 3. The molecule has 7 nitrogen and oxygen atoms in total. The van der Waals surface area contributed by atoms with E-state index in [-0.39, 0.29) is 17.4 Å². The number of rotatable bonds is 11. The van der Waals surface area contributed by atoms with Crippen LogP contribution >= 0.6 is 23.4 Å². The summed E-state index contributed by atoms with van der Waals surface area (Å²) in [5.41, 5.74) is 4.63. The lowest BCUT2D eigenvalue weighted by Crippen LogP contribution is -2.30. The van der Waals surface area contributed by atoms with E-state index in [1.54, 1.807) is 91.0 Å². The summed E-state index contributed by atoms with van der Waals surface area (Å²) in [6.45, 7) is 3.98. The third-order valence-electron chi connectivity index (χ3n) is 6.76. The van der Waals surface area contributed by atoms with Crippen molar-refractivity contribution in [1.82, 2.24) is 5.32 Å². The van der Waals surface area contributed by atoms with Crippen molar-refractivity contribution in [1.29, 1.82) is 0 Å². The number of carbonyl (C=O) groups excluding carboxylic acids is 3. The molecular weight excluding hydrogens is 630 g/mol. The van der Waals surface area contributed by atoms with E-state index in [9.17, 15) is 14.4 Å². The summed E-state index contributed by atoms with van der Waals surface area (Å²) in [7, 11) is 0. The van der Waals surface area contributed by atoms with Crippen LogP contribution in [-0.4, -0.2) is 23.5 Å². The Kier molecular flexibility index (Phi) is 11.1. The van der Waals surface area contributed by atoms with Crippen LogP contribution < -0.4 is 20.7 Å². The van der Waals surface area contributed by atoms with Gasteiger partial charge in [0.15, 0.2) is 0 Å². The molecule has 0 heterocycles. The molecule has 0 aromatic heterocycles. The Morgan fingerprint density at radius 1 is 0.723 bits per heavy atom. The van der Waals surface area contributed by atoms with Gasteiger partial charge >= 0.3 is 0 Å². The zero-order valence-electron chi connectivity index (χ0n) is 25.8. The van der Waals surface area contributed by atoms with Crippen LogP contribution in [0.25, 0.3) is 6.08 Å². The van der Waals surface area contributed by atoms with Gasteiger partial charge in [0.05, 0.1) is 5.75 Å². The first kappa shape index (κ1) is 33.1. The summed E-state index contributed by atoms with van der Waals surface area (Å²) in [5.74, 6) is 0.457. The molecule has 0 bridgehead atoms. The number of aryl methyl sites for hydroxylation is 2. The molecule has 0 aliphatic heterocycles. The standard InChI is InChI=1S/C38H32ClN3O4S/c1-25-20-26(2)22-31(21-25)40-36(43)24-47-34-18-12-30(13-19-34)41-38(45)35(42-37(44)28-6-4-3-5-7-28)23-27-8-14-32(15-9-27)46-33-16-10-29(39)11-17-33/h3-23H,24H2,1-2H3,(H,40,43)(H,41,45)(H,42,44)/b35-23-. The van der Waals surface area contributed by atoms with Gasteiger partial charge < -0.3 is 20.7 Å². The van der Waals surface area contributed by atoms with Gasteiger partial charge in [-0.25, -0.2) is 0 Å². The highest BCUT2D eigenvalue weighted by molar-refractivity contribution is 8.00. The van der Waals surface area contributed by atoms with Crippen molar-refractivity contribution in [3.05, 3.63) is 154 Å². The second-order valence-electron chi connectivity index (χ2n) is 10.7. The first-order valence-electron chi connectivity index (χ1n) is 14.7. The third kappa shape index (κ3) is 10.1. The van der Waals surface area contributed by atoms with Crippen molar-refractivity contribution in [3.8, 4) is 11.5 Å². The summed E-state index contributed by atoms with van der Waals surface area (Å²) in [6.07, 6.45) is 1.60. The zero-order valence-corrected chi connectivity index (χ0v) is 27.3. The van der Waals surface area contributed by atoms with Gasteiger partial charge in [0.1, 0.15) is 17.2 Å². The number of ether oxygens (including phenoxy) is 1. The normalized spacial score (nSPS) is 11.0. The number of hydrogen-bond donors (Lipinski definition) is 3. The molecule has 0 aliphatic carbocycles. The monoisotopic (exact) mass is 661 g/mol. The number of benzene rings is 5. The zero-order chi connectivity index (χ0) is 33.2. The number of nitrogens with one attached hydrogen (secondary N) is 3. The number of carbonyl (C=O) groups is 3. The quantitative estimate of drug-likeness (QED) is 0.0971. The molecule has 3 N–H and O–H groups in total. The lowest BCUT2D eigenvalue weighted by atomic mass is 10.1. The van der Waals surface area contributed by atoms with Crippen molar-refractivity contribution in [2.75, 3.05) is 16.4 Å². The Hall–Kier alpha value is -5.31. The Morgan fingerprint density at radius 2 is 1.34 bits per heavy atom. The van der Waals surface area contributed by atoms with Crippen LogP contribution in [0.5, 0.6) is 11.5 Å². The van der Waals surface area contributed by atoms with Crippen LogP contribution in [0, 0.1) is 13.8 Å². The summed E-state index contributed by atoms with van der Waals surface area (Å²) >= 11 is 7.35. The number of anilines is 2. The highest BCUT2D eigenvalue weighted by Gasteiger charge is 2.15. The minimum atomic E-state index is -0.496. The van der Waals surface area contributed by atoms with Gasteiger partial charge in [-0.3, -0.25) is 14.4 Å². The molecule has 0 fully saturated rings. The second kappa shape index (κ2) is 15.8. The first-order chi connectivity index (χ1) is 22.7. The molecule has 0 saturated carbocycles. The van der Waals surface area contributed by atoms with E-state index in [0.717, 1.165) is 21.7 Å². The van der Waals surface area contributed by atoms with Crippen LogP contribution in [0.1, 0.15) is 27.0 Å². The lowest BCUT2D eigenvalue weighted by Gasteiger charge is -2.12. The fourth-order valence-electron chi connectivity index (χ4n) is 4.61. The predicted octanol–water partition coefficient (Wildman–Crippen LogP) is 8.89. The van der Waals surface area contributed by atoms with Gasteiger partial charge in [-0.15, -0.1) is 11.8 Å². The molecule has 0 aliphatic rings. The maximum atomic E-state index is 13.5. The maximum Gasteiger partial charge on any atom is 0.272 e. The molecule has 0 spiro atoms. The van der Waals surface area contributed by atoms with Crippen LogP contribution in [0.3, 0.4) is 0 Å². The number of thioether (sulfide) groups is 1. The van der Waals surface area contributed by atoms with E-state index in [4.69, 9.17) is 16.3 Å². The van der Waals surface area contributed by atoms with Gasteiger partial charge in [0.25, 0.3) is 11.8 Å². The van der Waals surface area contributed by atoms with Gasteiger partial charge in [0.2, 0.25) is 5.91 Å². The average molecular weight is 662 g/mol. The van der Waals surface area contributed by atoms with Gasteiger partial charge in [0, 0.05) is 26.9 Å². The molecule has 5 aromatic rings. The fourth-order valence-corrected chi connectivity index (χ4v) is 5.43. The molecule has 0 unspecified atom stereocenters. The van der Waals surface area contributed by atoms with E-state index in [1.807, 2.05) is 44.2 Å². The van der Waals surface area contributed by atoms with Crippen LogP contribution in [0.15, 0.2) is 132 Å². The molecule has 236 valence electrons. The smallest absolute Gasteiger partial charge is 0.272 e. The molecule has 3 amide bonds. The van der Waals surface area contributed by atoms with Gasteiger partial charge in [-0.05, 0) is 122 Å². The molecule has 47 heavy (non-hydrogen) atoms. The van der Waals surface area contributed by atoms with Gasteiger partial charge in [-0.2, -0.15) is 0 Å². The van der Waals surface area contributed by atoms with E-state index in [0.29, 0.717) is 33.3 Å². The molecule has 9 heteroatoms. The Morgan fingerprint density at radius 3 is 1.98 bits per heavy atom. The number of halogens is 1.